The van der Waals surface area contributed by atoms with E-state index in [1.54, 1.807) is 16.8 Å². The highest BCUT2D eigenvalue weighted by atomic mass is 16.5. The number of amides is 1. The molecule has 0 radical (unpaired) electrons. The first kappa shape index (κ1) is 20.1. The summed E-state index contributed by atoms with van der Waals surface area (Å²) in [5.41, 5.74) is 4.81. The zero-order valence-electron chi connectivity index (χ0n) is 16.6. The number of nitrogens with zero attached hydrogens (tertiary/aromatic N) is 2. The summed E-state index contributed by atoms with van der Waals surface area (Å²) >= 11 is 0. The number of anilines is 1. The van der Waals surface area contributed by atoms with Crippen LogP contribution in [-0.4, -0.2) is 33.4 Å². The van der Waals surface area contributed by atoms with Crippen molar-refractivity contribution < 1.29 is 19.4 Å². The van der Waals surface area contributed by atoms with Crippen molar-refractivity contribution in [3.63, 3.8) is 0 Å². The van der Waals surface area contributed by atoms with Crippen LogP contribution in [0.2, 0.25) is 0 Å². The average Bonchev–Trinajstić information content (AvgIpc) is 2.97. The van der Waals surface area contributed by atoms with Crippen LogP contribution < -0.4 is 5.32 Å². The molecule has 1 heterocycles. The van der Waals surface area contributed by atoms with E-state index in [9.17, 15) is 14.7 Å². The van der Waals surface area contributed by atoms with Crippen molar-refractivity contribution in [1.29, 1.82) is 0 Å². The second kappa shape index (κ2) is 8.60. The van der Waals surface area contributed by atoms with Gasteiger partial charge in [-0.25, -0.2) is 4.68 Å². The zero-order chi connectivity index (χ0) is 21.0. The molecule has 29 heavy (non-hydrogen) atoms. The molecule has 0 spiro atoms. The molecular formula is C22H23N3O4. The van der Waals surface area contributed by atoms with E-state index in [1.165, 1.54) is 12.1 Å². The zero-order valence-corrected chi connectivity index (χ0v) is 16.6. The SMILES string of the molecule is Cc1ccc(-n2nc(C)c(NC(=O)COC(=O)Cc3ccc(O)cc3)c2C)cc1. The van der Waals surface area contributed by atoms with Gasteiger partial charge in [-0.2, -0.15) is 5.10 Å². The summed E-state index contributed by atoms with van der Waals surface area (Å²) in [5, 5.41) is 16.5. The molecule has 7 nitrogen and oxygen atoms in total. The number of rotatable bonds is 6. The Morgan fingerprint density at radius 3 is 2.34 bits per heavy atom. The van der Waals surface area contributed by atoms with Gasteiger partial charge in [0.2, 0.25) is 0 Å². The number of hydrogen-bond acceptors (Lipinski definition) is 5. The van der Waals surface area contributed by atoms with Gasteiger partial charge in [0.1, 0.15) is 5.75 Å². The number of aromatic hydroxyl groups is 1. The summed E-state index contributed by atoms with van der Waals surface area (Å²) in [6.07, 6.45) is 0.0248. The van der Waals surface area contributed by atoms with Gasteiger partial charge in [-0.05, 0) is 50.6 Å². The number of ether oxygens (including phenoxy) is 1. The second-order valence-corrected chi connectivity index (χ2v) is 6.85. The first-order valence-electron chi connectivity index (χ1n) is 9.20. The van der Waals surface area contributed by atoms with Crippen LogP contribution in [0.25, 0.3) is 5.69 Å². The second-order valence-electron chi connectivity index (χ2n) is 6.85. The smallest absolute Gasteiger partial charge is 0.310 e. The molecule has 0 aliphatic carbocycles. The van der Waals surface area contributed by atoms with Gasteiger partial charge < -0.3 is 15.2 Å². The summed E-state index contributed by atoms with van der Waals surface area (Å²) in [5.74, 6) is -0.827. The van der Waals surface area contributed by atoms with Gasteiger partial charge in [-0.3, -0.25) is 9.59 Å². The highest BCUT2D eigenvalue weighted by Gasteiger charge is 2.16. The summed E-state index contributed by atoms with van der Waals surface area (Å²) in [7, 11) is 0. The van der Waals surface area contributed by atoms with Crippen molar-refractivity contribution in [2.75, 3.05) is 11.9 Å². The third-order valence-electron chi connectivity index (χ3n) is 4.48. The van der Waals surface area contributed by atoms with Gasteiger partial charge in [-0.1, -0.05) is 29.8 Å². The normalized spacial score (nSPS) is 10.6. The minimum Gasteiger partial charge on any atom is -0.508 e. The first-order valence-corrected chi connectivity index (χ1v) is 9.20. The molecule has 0 saturated heterocycles. The minimum atomic E-state index is -0.519. The third kappa shape index (κ3) is 5.01. The van der Waals surface area contributed by atoms with Crippen molar-refractivity contribution in [2.24, 2.45) is 0 Å². The van der Waals surface area contributed by atoms with Crippen LogP contribution in [0.1, 0.15) is 22.5 Å². The molecule has 2 aromatic carbocycles. The summed E-state index contributed by atoms with van der Waals surface area (Å²) in [6.45, 7) is 5.31. The van der Waals surface area contributed by atoms with E-state index in [1.807, 2.05) is 45.0 Å². The highest BCUT2D eigenvalue weighted by Crippen LogP contribution is 2.23. The number of benzene rings is 2. The lowest BCUT2D eigenvalue weighted by Gasteiger charge is -2.08. The third-order valence-corrected chi connectivity index (χ3v) is 4.48. The van der Waals surface area contributed by atoms with Gasteiger partial charge in [0.25, 0.3) is 5.91 Å². The Labute approximate surface area is 168 Å². The fraction of sp³-hybridized carbons (Fsp3) is 0.227. The molecule has 1 aromatic heterocycles. The Morgan fingerprint density at radius 1 is 1.03 bits per heavy atom. The summed E-state index contributed by atoms with van der Waals surface area (Å²) in [6, 6.07) is 14.2. The average molecular weight is 393 g/mol. The Kier molecular flexibility index (Phi) is 5.97. The number of carbonyl (C=O) groups is 2. The molecule has 2 N–H and O–H groups in total. The largest absolute Gasteiger partial charge is 0.508 e. The standard InChI is InChI=1S/C22H23N3O4/c1-14-4-8-18(9-5-14)25-16(3)22(15(2)24-25)23-20(27)13-29-21(28)12-17-6-10-19(26)11-7-17/h4-11,26H,12-13H2,1-3H3,(H,23,27). The maximum Gasteiger partial charge on any atom is 0.310 e. The lowest BCUT2D eigenvalue weighted by atomic mass is 10.1. The lowest BCUT2D eigenvalue weighted by Crippen LogP contribution is -2.22. The van der Waals surface area contributed by atoms with Crippen molar-refractivity contribution in [3.8, 4) is 11.4 Å². The van der Waals surface area contributed by atoms with Crippen LogP contribution in [0.15, 0.2) is 48.5 Å². The molecule has 0 aliphatic rings. The van der Waals surface area contributed by atoms with Crippen LogP contribution in [0.3, 0.4) is 0 Å². The van der Waals surface area contributed by atoms with Crippen molar-refractivity contribution in [3.05, 3.63) is 71.0 Å². The molecule has 0 atom stereocenters. The van der Waals surface area contributed by atoms with E-state index in [4.69, 9.17) is 4.74 Å². The fourth-order valence-electron chi connectivity index (χ4n) is 2.91. The van der Waals surface area contributed by atoms with Crippen molar-refractivity contribution in [1.82, 2.24) is 9.78 Å². The molecular weight excluding hydrogens is 370 g/mol. The molecule has 0 unspecified atom stereocenters. The Morgan fingerprint density at radius 2 is 1.69 bits per heavy atom. The fourth-order valence-corrected chi connectivity index (χ4v) is 2.91. The van der Waals surface area contributed by atoms with Crippen LogP contribution in [-0.2, 0) is 20.7 Å². The number of hydrogen-bond donors (Lipinski definition) is 2. The maximum absolute atomic E-state index is 12.3. The van der Waals surface area contributed by atoms with E-state index < -0.39 is 11.9 Å². The lowest BCUT2D eigenvalue weighted by molar-refractivity contribution is -0.146. The molecule has 0 saturated carbocycles. The van der Waals surface area contributed by atoms with Gasteiger partial charge in [0.15, 0.2) is 6.61 Å². The van der Waals surface area contributed by atoms with Gasteiger partial charge in [0.05, 0.1) is 29.2 Å². The topological polar surface area (TPSA) is 93.5 Å². The van der Waals surface area contributed by atoms with Crippen molar-refractivity contribution in [2.45, 2.75) is 27.2 Å². The number of esters is 1. The monoisotopic (exact) mass is 393 g/mol. The van der Waals surface area contributed by atoms with Gasteiger partial charge >= 0.3 is 5.97 Å². The maximum atomic E-state index is 12.3. The molecule has 1 amide bonds. The van der Waals surface area contributed by atoms with Crippen molar-refractivity contribution >= 4 is 17.6 Å². The number of phenols is 1. The van der Waals surface area contributed by atoms with E-state index in [0.717, 1.165) is 16.9 Å². The molecule has 150 valence electrons. The van der Waals surface area contributed by atoms with Gasteiger partial charge in [-0.15, -0.1) is 0 Å². The number of nitrogens with one attached hydrogen (secondary N) is 1. The number of aryl methyl sites for hydroxylation is 2. The molecule has 3 rings (SSSR count). The predicted molar refractivity (Wildman–Crippen MR) is 109 cm³/mol. The number of phenolic OH excluding ortho intramolecular Hbond substituents is 1. The minimum absolute atomic E-state index is 0.0248. The molecule has 0 bridgehead atoms. The first-order chi connectivity index (χ1) is 13.8. The van der Waals surface area contributed by atoms with E-state index in [-0.39, 0.29) is 18.8 Å². The van der Waals surface area contributed by atoms with E-state index in [2.05, 4.69) is 10.4 Å². The summed E-state index contributed by atoms with van der Waals surface area (Å²) < 4.78 is 6.82. The van der Waals surface area contributed by atoms with Crippen LogP contribution >= 0.6 is 0 Å². The van der Waals surface area contributed by atoms with Crippen LogP contribution in [0, 0.1) is 20.8 Å². The molecule has 0 fully saturated rings. The number of aromatic nitrogens is 2. The highest BCUT2D eigenvalue weighted by molar-refractivity contribution is 5.94. The quantitative estimate of drug-likeness (QED) is 0.627. The summed E-state index contributed by atoms with van der Waals surface area (Å²) in [4.78, 5) is 24.2. The molecule has 3 aromatic rings. The Balaban J connectivity index is 1.59. The van der Waals surface area contributed by atoms with Crippen LogP contribution in [0.4, 0.5) is 5.69 Å². The Hall–Kier alpha value is -3.61. The number of carbonyl (C=O) groups excluding carboxylic acids is 2. The van der Waals surface area contributed by atoms with E-state index in [0.29, 0.717) is 16.9 Å². The Bertz CT molecular complexity index is 1020. The van der Waals surface area contributed by atoms with Crippen LogP contribution in [0.5, 0.6) is 5.75 Å². The molecule has 7 heteroatoms. The molecule has 0 aliphatic heterocycles. The predicted octanol–water partition coefficient (Wildman–Crippen LogP) is 3.23. The van der Waals surface area contributed by atoms with Gasteiger partial charge in [0, 0.05) is 0 Å². The van der Waals surface area contributed by atoms with E-state index >= 15 is 0 Å².